The highest BCUT2D eigenvalue weighted by atomic mass is 127. The van der Waals surface area contributed by atoms with Crippen molar-refractivity contribution in [2.75, 3.05) is 11.0 Å². The maximum Gasteiger partial charge on any atom is 0.0534 e. The number of nitrogens with zero attached hydrogens (tertiary/aromatic N) is 2. The number of halogens is 1. The molecule has 0 aliphatic heterocycles. The van der Waals surface area contributed by atoms with Crippen molar-refractivity contribution in [3.8, 4) is 0 Å². The second-order valence-corrected chi connectivity index (χ2v) is 4.17. The van der Waals surface area contributed by atoms with Crippen molar-refractivity contribution in [3.63, 3.8) is 0 Å². The highest BCUT2D eigenvalue weighted by Crippen LogP contribution is 1.96. The van der Waals surface area contributed by atoms with E-state index in [9.17, 15) is 0 Å². The summed E-state index contributed by atoms with van der Waals surface area (Å²) >= 11 is 2.41. The molecule has 0 atom stereocenters. The molecule has 74 valence electrons. The Hall–Kier alpha value is -0.100. The predicted octanol–water partition coefficient (Wildman–Crippen LogP) is 1.72. The Labute approximate surface area is 93.0 Å². The van der Waals surface area contributed by atoms with E-state index in [1.54, 1.807) is 0 Å². The molecule has 1 N–H and O–H groups in total. The Balaban J connectivity index is 2.06. The fourth-order valence-electron chi connectivity index (χ4n) is 1.14. The summed E-state index contributed by atoms with van der Waals surface area (Å²) in [5, 5.41) is 7.50. The van der Waals surface area contributed by atoms with Gasteiger partial charge in [0.2, 0.25) is 0 Å². The van der Waals surface area contributed by atoms with Gasteiger partial charge in [0.15, 0.2) is 0 Å². The van der Waals surface area contributed by atoms with Gasteiger partial charge in [0, 0.05) is 25.4 Å². The van der Waals surface area contributed by atoms with Gasteiger partial charge in [-0.3, -0.25) is 4.68 Å². The molecule has 0 bridgehead atoms. The van der Waals surface area contributed by atoms with E-state index in [1.165, 1.54) is 22.8 Å². The van der Waals surface area contributed by atoms with Crippen LogP contribution in [0.2, 0.25) is 0 Å². The first-order valence-electron chi connectivity index (χ1n) is 4.57. The zero-order valence-electron chi connectivity index (χ0n) is 7.96. The molecule has 13 heavy (non-hydrogen) atoms. The minimum atomic E-state index is 0.940. The van der Waals surface area contributed by atoms with E-state index < -0.39 is 0 Å². The van der Waals surface area contributed by atoms with Crippen molar-refractivity contribution >= 4 is 22.6 Å². The third-order valence-electron chi connectivity index (χ3n) is 1.82. The number of aryl methyl sites for hydroxylation is 1. The van der Waals surface area contributed by atoms with Gasteiger partial charge < -0.3 is 5.32 Å². The zero-order valence-corrected chi connectivity index (χ0v) is 10.1. The van der Waals surface area contributed by atoms with Crippen LogP contribution in [-0.2, 0) is 13.6 Å². The summed E-state index contributed by atoms with van der Waals surface area (Å²) in [6.07, 6.45) is 6.53. The molecule has 0 saturated carbocycles. The molecule has 0 aromatic carbocycles. The molecule has 0 aliphatic carbocycles. The van der Waals surface area contributed by atoms with Gasteiger partial charge >= 0.3 is 0 Å². The number of rotatable bonds is 6. The van der Waals surface area contributed by atoms with E-state index in [0.717, 1.165) is 13.1 Å². The molecule has 1 aromatic rings. The third kappa shape index (κ3) is 4.61. The Kier molecular flexibility index (Phi) is 5.38. The van der Waals surface area contributed by atoms with E-state index in [1.807, 2.05) is 24.1 Å². The van der Waals surface area contributed by atoms with Crippen LogP contribution in [0.5, 0.6) is 0 Å². The zero-order chi connectivity index (χ0) is 9.52. The van der Waals surface area contributed by atoms with Crippen LogP contribution in [0.1, 0.15) is 18.4 Å². The Morgan fingerprint density at radius 2 is 2.38 bits per heavy atom. The van der Waals surface area contributed by atoms with Crippen molar-refractivity contribution in [2.45, 2.75) is 19.4 Å². The molecule has 0 saturated heterocycles. The highest BCUT2D eigenvalue weighted by Gasteiger charge is 1.94. The molecule has 0 amide bonds. The van der Waals surface area contributed by atoms with Crippen LogP contribution in [0.4, 0.5) is 0 Å². The van der Waals surface area contributed by atoms with Gasteiger partial charge in [-0.05, 0) is 23.8 Å². The number of hydrogen-bond acceptors (Lipinski definition) is 2. The third-order valence-corrected chi connectivity index (χ3v) is 2.59. The van der Waals surface area contributed by atoms with Crippen LogP contribution >= 0.6 is 22.6 Å². The van der Waals surface area contributed by atoms with Crippen LogP contribution in [0.15, 0.2) is 12.4 Å². The minimum absolute atomic E-state index is 0.940. The summed E-state index contributed by atoms with van der Waals surface area (Å²) < 4.78 is 3.09. The maximum atomic E-state index is 4.11. The Morgan fingerprint density at radius 3 is 3.00 bits per heavy atom. The first-order chi connectivity index (χ1) is 6.33. The van der Waals surface area contributed by atoms with Crippen LogP contribution in [-0.4, -0.2) is 20.8 Å². The van der Waals surface area contributed by atoms with Crippen LogP contribution in [0, 0.1) is 0 Å². The van der Waals surface area contributed by atoms with Gasteiger partial charge in [0.1, 0.15) is 0 Å². The topological polar surface area (TPSA) is 29.9 Å². The smallest absolute Gasteiger partial charge is 0.0534 e. The average molecular weight is 293 g/mol. The largest absolute Gasteiger partial charge is 0.313 e. The number of hydrogen-bond donors (Lipinski definition) is 1. The second kappa shape index (κ2) is 6.37. The molecule has 3 nitrogen and oxygen atoms in total. The van der Waals surface area contributed by atoms with Gasteiger partial charge in [0.05, 0.1) is 6.20 Å². The first-order valence-corrected chi connectivity index (χ1v) is 6.09. The summed E-state index contributed by atoms with van der Waals surface area (Å²) in [6.45, 7) is 2.05. The molecule has 1 rings (SSSR count). The molecule has 0 fully saturated rings. The summed E-state index contributed by atoms with van der Waals surface area (Å²) in [7, 11) is 1.94. The summed E-state index contributed by atoms with van der Waals surface area (Å²) in [5.74, 6) is 0. The fourth-order valence-corrected chi connectivity index (χ4v) is 1.68. The molecule has 0 radical (unpaired) electrons. The van der Waals surface area contributed by atoms with Crippen molar-refractivity contribution in [1.82, 2.24) is 15.1 Å². The Morgan fingerprint density at radius 1 is 1.54 bits per heavy atom. The van der Waals surface area contributed by atoms with Crippen molar-refractivity contribution < 1.29 is 0 Å². The molecule has 0 spiro atoms. The Bertz CT molecular complexity index is 235. The molecule has 0 aliphatic rings. The van der Waals surface area contributed by atoms with Gasteiger partial charge in [-0.15, -0.1) is 0 Å². The average Bonchev–Trinajstić information content (AvgIpc) is 2.51. The second-order valence-electron chi connectivity index (χ2n) is 3.10. The standard InChI is InChI=1S/C9H16IN3/c1-13-8-9(7-12-13)6-11-5-3-2-4-10/h7-8,11H,2-6H2,1H3. The first kappa shape index (κ1) is 11.0. The lowest BCUT2D eigenvalue weighted by molar-refractivity contribution is 0.645. The van der Waals surface area contributed by atoms with Crippen molar-refractivity contribution in [1.29, 1.82) is 0 Å². The normalized spacial score (nSPS) is 10.6. The molecular formula is C9H16IN3. The van der Waals surface area contributed by atoms with E-state index in [4.69, 9.17) is 0 Å². The summed E-state index contributed by atoms with van der Waals surface area (Å²) in [4.78, 5) is 0. The van der Waals surface area contributed by atoms with Crippen LogP contribution < -0.4 is 5.32 Å². The highest BCUT2D eigenvalue weighted by molar-refractivity contribution is 14.1. The van der Waals surface area contributed by atoms with Crippen LogP contribution in [0.25, 0.3) is 0 Å². The number of nitrogens with one attached hydrogen (secondary N) is 1. The summed E-state index contributed by atoms with van der Waals surface area (Å²) in [5.41, 5.74) is 1.26. The SMILES string of the molecule is Cn1cc(CNCCCCI)cn1. The van der Waals surface area contributed by atoms with E-state index in [-0.39, 0.29) is 0 Å². The quantitative estimate of drug-likeness (QED) is 0.492. The van der Waals surface area contributed by atoms with Crippen molar-refractivity contribution in [3.05, 3.63) is 18.0 Å². The van der Waals surface area contributed by atoms with Crippen molar-refractivity contribution in [2.24, 2.45) is 7.05 Å². The number of alkyl halides is 1. The van der Waals surface area contributed by atoms with Crippen LogP contribution in [0.3, 0.4) is 0 Å². The molecule has 1 aromatic heterocycles. The predicted molar refractivity (Wildman–Crippen MR) is 63.0 cm³/mol. The van der Waals surface area contributed by atoms with E-state index >= 15 is 0 Å². The molecule has 1 heterocycles. The fraction of sp³-hybridized carbons (Fsp3) is 0.667. The monoisotopic (exact) mass is 293 g/mol. The lowest BCUT2D eigenvalue weighted by Gasteiger charge is -2.00. The van der Waals surface area contributed by atoms with Gasteiger partial charge in [-0.2, -0.15) is 5.10 Å². The lowest BCUT2D eigenvalue weighted by atomic mass is 10.3. The van der Waals surface area contributed by atoms with E-state index in [0.29, 0.717) is 0 Å². The molecular weight excluding hydrogens is 277 g/mol. The maximum absolute atomic E-state index is 4.11. The minimum Gasteiger partial charge on any atom is -0.313 e. The van der Waals surface area contributed by atoms with Gasteiger partial charge in [0.25, 0.3) is 0 Å². The summed E-state index contributed by atoms with van der Waals surface area (Å²) in [6, 6.07) is 0. The number of unbranched alkanes of at least 4 members (excludes halogenated alkanes) is 1. The lowest BCUT2D eigenvalue weighted by Crippen LogP contribution is -2.14. The van der Waals surface area contributed by atoms with Gasteiger partial charge in [-0.25, -0.2) is 0 Å². The number of aromatic nitrogens is 2. The molecule has 4 heteroatoms. The van der Waals surface area contributed by atoms with Gasteiger partial charge in [-0.1, -0.05) is 22.6 Å². The molecule has 0 unspecified atom stereocenters. The van der Waals surface area contributed by atoms with E-state index in [2.05, 4.69) is 33.0 Å².